The van der Waals surface area contributed by atoms with Crippen molar-refractivity contribution in [3.8, 4) is 0 Å². The van der Waals surface area contributed by atoms with Gasteiger partial charge in [0.15, 0.2) is 0 Å². The summed E-state index contributed by atoms with van der Waals surface area (Å²) in [4.78, 5) is 1.86. The van der Waals surface area contributed by atoms with E-state index < -0.39 is 16.6 Å². The van der Waals surface area contributed by atoms with Crippen molar-refractivity contribution in [2.75, 3.05) is 33.9 Å². The fraction of sp³-hybridized carbons (Fsp3) is 0.739. The van der Waals surface area contributed by atoms with Crippen LogP contribution in [0.4, 0.5) is 0 Å². The molecule has 5 rings (SSSR count). The highest BCUT2D eigenvalue weighted by atomic mass is 32.2. The first-order chi connectivity index (χ1) is 15.3. The van der Waals surface area contributed by atoms with Gasteiger partial charge < -0.3 is 14.6 Å². The van der Waals surface area contributed by atoms with Gasteiger partial charge in [-0.25, -0.2) is 4.90 Å². The Balaban J connectivity index is 1.55. The van der Waals surface area contributed by atoms with Crippen LogP contribution in [-0.2, 0) is 26.1 Å². The second-order valence-electron chi connectivity index (χ2n) is 9.41. The molecule has 3 atom stereocenters. The number of rotatable bonds is 3. The molecule has 180 valence electrons. The number of aliphatic hydroxyl groups excluding tert-OH is 1. The van der Waals surface area contributed by atoms with Crippen LogP contribution in [0.5, 0.6) is 0 Å². The molecule has 8 nitrogen and oxygen atoms in total. The Kier molecular flexibility index (Phi) is 7.87. The van der Waals surface area contributed by atoms with Gasteiger partial charge in [-0.15, -0.1) is 0 Å². The van der Waals surface area contributed by atoms with Crippen LogP contribution in [0.1, 0.15) is 55.6 Å². The highest BCUT2D eigenvalue weighted by Gasteiger charge is 2.39. The Morgan fingerprint density at radius 2 is 1.84 bits per heavy atom. The van der Waals surface area contributed by atoms with Gasteiger partial charge in [-0.3, -0.25) is 0 Å². The molecule has 3 unspecified atom stereocenters. The van der Waals surface area contributed by atoms with Crippen molar-refractivity contribution < 1.29 is 23.0 Å². The van der Waals surface area contributed by atoms with Crippen molar-refractivity contribution in [1.82, 2.24) is 13.9 Å². The maximum absolute atomic E-state index is 12.5. The minimum Gasteiger partial charge on any atom is -0.377 e. The first-order valence-corrected chi connectivity index (χ1v) is 13.2. The molecule has 4 aliphatic rings. The van der Waals surface area contributed by atoms with Crippen LogP contribution >= 0.6 is 0 Å². The second kappa shape index (κ2) is 10.5. The van der Waals surface area contributed by atoms with Crippen LogP contribution in [0, 0.1) is 0 Å². The molecular formula is C23H37N3O5S. The van der Waals surface area contributed by atoms with Crippen molar-refractivity contribution in [2.24, 2.45) is 0 Å². The van der Waals surface area contributed by atoms with E-state index in [9.17, 15) is 13.5 Å². The number of piperidine rings is 1. The lowest BCUT2D eigenvalue weighted by molar-refractivity contribution is -0.220. The smallest absolute Gasteiger partial charge is 0.279 e. The molecule has 0 amide bonds. The molecule has 3 heterocycles. The number of nitrogens with one attached hydrogen (secondary N) is 1. The average Bonchev–Trinajstić information content (AvgIpc) is 2.78. The van der Waals surface area contributed by atoms with Gasteiger partial charge in [-0.2, -0.15) is 17.4 Å². The van der Waals surface area contributed by atoms with Crippen LogP contribution in [0.25, 0.3) is 0 Å². The lowest BCUT2D eigenvalue weighted by atomic mass is 9.80. The molecule has 1 saturated heterocycles. The highest BCUT2D eigenvalue weighted by Crippen LogP contribution is 2.36. The molecule has 2 bridgehead atoms. The lowest BCUT2D eigenvalue weighted by Crippen LogP contribution is -2.61. The minimum atomic E-state index is -3.59. The zero-order chi connectivity index (χ0) is 22.7. The molecular weight excluding hydrogens is 430 g/mol. The number of ether oxygens (including phenoxy) is 2. The van der Waals surface area contributed by atoms with Gasteiger partial charge in [-0.05, 0) is 62.0 Å². The molecule has 0 spiro atoms. The monoisotopic (exact) mass is 467 g/mol. The van der Waals surface area contributed by atoms with Crippen molar-refractivity contribution in [2.45, 2.75) is 75.5 Å². The van der Waals surface area contributed by atoms with Crippen LogP contribution < -0.4 is 4.72 Å². The van der Waals surface area contributed by atoms with Crippen LogP contribution in [0.15, 0.2) is 24.3 Å². The number of nitrogens with zero attached hydrogens (tertiary/aromatic N) is 2. The van der Waals surface area contributed by atoms with Crippen LogP contribution in [0.3, 0.4) is 0 Å². The zero-order valence-electron chi connectivity index (χ0n) is 19.2. The summed E-state index contributed by atoms with van der Waals surface area (Å²) in [6.07, 6.45) is 5.47. The summed E-state index contributed by atoms with van der Waals surface area (Å²) < 4.78 is 41.2. The third-order valence-corrected chi connectivity index (χ3v) is 8.76. The first kappa shape index (κ1) is 24.1. The molecule has 1 aromatic carbocycles. The van der Waals surface area contributed by atoms with E-state index in [2.05, 4.69) is 29.0 Å². The van der Waals surface area contributed by atoms with E-state index in [1.165, 1.54) is 29.5 Å². The summed E-state index contributed by atoms with van der Waals surface area (Å²) in [5.41, 5.74) is 2.68. The van der Waals surface area contributed by atoms with Crippen molar-refractivity contribution >= 4 is 10.2 Å². The number of fused-ring (bicyclic) bond motifs is 6. The van der Waals surface area contributed by atoms with Gasteiger partial charge in [0.2, 0.25) is 6.41 Å². The largest absolute Gasteiger partial charge is 0.377 e. The quantitative estimate of drug-likeness (QED) is 0.705. The molecule has 1 saturated carbocycles. The number of benzene rings is 1. The summed E-state index contributed by atoms with van der Waals surface area (Å²) in [5, 5.41) is 10.9. The fourth-order valence-corrected chi connectivity index (χ4v) is 6.18. The normalized spacial score (nSPS) is 32.8. The third-order valence-electron chi connectivity index (χ3n) is 7.20. The van der Waals surface area contributed by atoms with Gasteiger partial charge >= 0.3 is 0 Å². The SMILES string of the molecule is CN(C)S(=O)(=O)NC1CCCN2C(O)OCCc3ccccc3C3CCC(CC3)OCC12. The van der Waals surface area contributed by atoms with Crippen LogP contribution in [0.2, 0.25) is 0 Å². The maximum Gasteiger partial charge on any atom is 0.279 e. The molecule has 0 aromatic heterocycles. The molecule has 2 N–H and O–H groups in total. The van der Waals surface area contributed by atoms with Gasteiger partial charge in [0.1, 0.15) is 0 Å². The predicted molar refractivity (Wildman–Crippen MR) is 122 cm³/mol. The van der Waals surface area contributed by atoms with Crippen molar-refractivity contribution in [3.63, 3.8) is 0 Å². The third kappa shape index (κ3) is 5.52. The Bertz CT molecular complexity index is 857. The molecule has 32 heavy (non-hydrogen) atoms. The maximum atomic E-state index is 12.5. The summed E-state index contributed by atoms with van der Waals surface area (Å²) >= 11 is 0. The van der Waals surface area contributed by atoms with Gasteiger partial charge in [0.05, 0.1) is 25.4 Å². The molecule has 2 fully saturated rings. The molecule has 0 radical (unpaired) electrons. The summed E-state index contributed by atoms with van der Waals surface area (Å²) in [7, 11) is -0.563. The number of hydrogen-bond acceptors (Lipinski definition) is 6. The summed E-state index contributed by atoms with van der Waals surface area (Å²) in [6, 6.07) is 7.92. The Hall–Kier alpha value is -1.07. The molecule has 3 aliphatic heterocycles. The van der Waals surface area contributed by atoms with E-state index in [4.69, 9.17) is 9.47 Å². The van der Waals surface area contributed by atoms with E-state index in [0.717, 1.165) is 38.5 Å². The number of hydrogen-bond donors (Lipinski definition) is 2. The Morgan fingerprint density at radius 1 is 1.09 bits per heavy atom. The topological polar surface area (TPSA) is 91.3 Å². The summed E-state index contributed by atoms with van der Waals surface area (Å²) in [6.45, 7) is 1.41. The Labute approximate surface area is 192 Å². The average molecular weight is 468 g/mol. The standard InChI is InChI=1S/C23H37N3O5S/c1-25(2)32(28,29)24-21-8-5-14-26-22(21)16-31-19-11-9-18(10-12-19)20-7-4-3-6-17(20)13-15-30-23(26)27/h3-4,6-7,18-19,21-24,27H,5,8-16H2,1-2H3. The minimum absolute atomic E-state index is 0.161. The fourth-order valence-electron chi connectivity index (χ4n) is 5.31. The van der Waals surface area contributed by atoms with E-state index in [1.807, 2.05) is 4.90 Å². The zero-order valence-corrected chi connectivity index (χ0v) is 20.0. The van der Waals surface area contributed by atoms with Gasteiger partial charge in [0.25, 0.3) is 10.2 Å². The van der Waals surface area contributed by atoms with E-state index in [0.29, 0.717) is 32.1 Å². The van der Waals surface area contributed by atoms with Crippen LogP contribution in [-0.4, -0.2) is 81.2 Å². The molecule has 1 aliphatic carbocycles. The van der Waals surface area contributed by atoms with E-state index >= 15 is 0 Å². The Morgan fingerprint density at radius 3 is 2.59 bits per heavy atom. The second-order valence-corrected chi connectivity index (χ2v) is 11.3. The predicted octanol–water partition coefficient (Wildman–Crippen LogP) is 1.81. The van der Waals surface area contributed by atoms with Crippen molar-refractivity contribution in [1.29, 1.82) is 0 Å². The molecule has 1 aromatic rings. The van der Waals surface area contributed by atoms with E-state index in [1.54, 1.807) is 0 Å². The first-order valence-electron chi connectivity index (χ1n) is 11.8. The summed E-state index contributed by atoms with van der Waals surface area (Å²) in [5.74, 6) is 0.532. The van der Waals surface area contributed by atoms with E-state index in [-0.39, 0.29) is 18.2 Å². The van der Waals surface area contributed by atoms with Gasteiger partial charge in [-0.1, -0.05) is 24.3 Å². The number of aliphatic hydroxyl groups is 1. The van der Waals surface area contributed by atoms with Gasteiger partial charge in [0, 0.05) is 26.7 Å². The van der Waals surface area contributed by atoms with Crippen molar-refractivity contribution in [3.05, 3.63) is 35.4 Å². The highest BCUT2D eigenvalue weighted by molar-refractivity contribution is 7.87. The molecule has 9 heteroatoms. The lowest BCUT2D eigenvalue weighted by Gasteiger charge is -2.44.